The van der Waals surface area contributed by atoms with Crippen LogP contribution in [0.5, 0.6) is 11.5 Å². The molecule has 2 aromatic rings. The van der Waals surface area contributed by atoms with Crippen LogP contribution in [0, 0.1) is 10.1 Å². The number of nitrogens with zero attached hydrogens (tertiary/aromatic N) is 1. The van der Waals surface area contributed by atoms with Gasteiger partial charge in [0.25, 0.3) is 11.6 Å². The number of benzene rings is 2. The molecule has 0 unspecified atom stereocenters. The summed E-state index contributed by atoms with van der Waals surface area (Å²) in [6, 6.07) is 8.32. The number of amides is 1. The SMILES string of the molecule is CCOc1ccc(NC(=O)COC(=O)c2cc(Cl)ccc2[N+](=O)[O-])cc1OCC. The third-order valence-electron chi connectivity index (χ3n) is 3.54. The predicted octanol–water partition coefficient (Wildman–Crippen LogP) is 3.84. The molecule has 1 N–H and O–H groups in total. The molecular weight excluding hydrogens is 404 g/mol. The van der Waals surface area contributed by atoms with E-state index >= 15 is 0 Å². The van der Waals surface area contributed by atoms with E-state index in [-0.39, 0.29) is 10.6 Å². The maximum absolute atomic E-state index is 12.1. The lowest BCUT2D eigenvalue weighted by Gasteiger charge is -2.13. The smallest absolute Gasteiger partial charge is 0.345 e. The van der Waals surface area contributed by atoms with Crippen molar-refractivity contribution in [3.63, 3.8) is 0 Å². The minimum absolute atomic E-state index is 0.129. The number of esters is 1. The number of nitrogens with one attached hydrogen (secondary N) is 1. The third kappa shape index (κ3) is 6.08. The number of ether oxygens (including phenoxy) is 3. The Morgan fingerprint density at radius 3 is 2.41 bits per heavy atom. The zero-order chi connectivity index (χ0) is 21.4. The van der Waals surface area contributed by atoms with Crippen LogP contribution in [0.15, 0.2) is 36.4 Å². The van der Waals surface area contributed by atoms with Gasteiger partial charge in [0.15, 0.2) is 18.1 Å². The maximum atomic E-state index is 12.1. The van der Waals surface area contributed by atoms with E-state index in [0.717, 1.165) is 12.1 Å². The molecule has 2 aromatic carbocycles. The Bertz CT molecular complexity index is 917. The first-order chi connectivity index (χ1) is 13.8. The minimum Gasteiger partial charge on any atom is -0.490 e. The first kappa shape index (κ1) is 22.0. The summed E-state index contributed by atoms with van der Waals surface area (Å²) in [7, 11) is 0. The summed E-state index contributed by atoms with van der Waals surface area (Å²) in [5.74, 6) is -0.670. The number of anilines is 1. The molecule has 1 amide bonds. The monoisotopic (exact) mass is 422 g/mol. The summed E-state index contributed by atoms with van der Waals surface area (Å²) in [5.41, 5.74) is -0.394. The number of nitro groups is 1. The van der Waals surface area contributed by atoms with Gasteiger partial charge in [0.1, 0.15) is 5.56 Å². The number of halogens is 1. The second-order valence-electron chi connectivity index (χ2n) is 5.57. The summed E-state index contributed by atoms with van der Waals surface area (Å²) >= 11 is 5.78. The van der Waals surface area contributed by atoms with Gasteiger partial charge in [-0.2, -0.15) is 0 Å². The summed E-state index contributed by atoms with van der Waals surface area (Å²) in [5, 5.41) is 13.7. The van der Waals surface area contributed by atoms with Crippen LogP contribution in [0.25, 0.3) is 0 Å². The molecule has 0 aliphatic carbocycles. The Morgan fingerprint density at radius 2 is 1.76 bits per heavy atom. The average molecular weight is 423 g/mol. The van der Waals surface area contributed by atoms with E-state index in [0.29, 0.717) is 30.4 Å². The van der Waals surface area contributed by atoms with Crippen molar-refractivity contribution in [1.82, 2.24) is 0 Å². The third-order valence-corrected chi connectivity index (χ3v) is 3.77. The van der Waals surface area contributed by atoms with Crippen molar-refractivity contribution < 1.29 is 28.7 Å². The Balaban J connectivity index is 2.03. The van der Waals surface area contributed by atoms with Crippen LogP contribution in [-0.4, -0.2) is 36.6 Å². The van der Waals surface area contributed by atoms with E-state index in [1.165, 1.54) is 6.07 Å². The normalized spacial score (nSPS) is 10.2. The van der Waals surface area contributed by atoms with Gasteiger partial charge in [0, 0.05) is 22.8 Å². The van der Waals surface area contributed by atoms with Crippen molar-refractivity contribution in [2.75, 3.05) is 25.1 Å². The molecule has 0 saturated carbocycles. The highest BCUT2D eigenvalue weighted by molar-refractivity contribution is 6.31. The lowest BCUT2D eigenvalue weighted by molar-refractivity contribution is -0.385. The molecule has 0 radical (unpaired) electrons. The Kier molecular flexibility index (Phi) is 7.79. The predicted molar refractivity (Wildman–Crippen MR) is 106 cm³/mol. The molecular formula is C19H19ClN2O7. The summed E-state index contributed by atoms with van der Waals surface area (Å²) < 4.78 is 15.8. The number of carbonyl (C=O) groups excluding carboxylic acids is 2. The van der Waals surface area contributed by atoms with Crippen molar-refractivity contribution in [2.45, 2.75) is 13.8 Å². The van der Waals surface area contributed by atoms with Crippen molar-refractivity contribution in [1.29, 1.82) is 0 Å². The molecule has 154 valence electrons. The minimum atomic E-state index is -1.03. The molecule has 0 aliphatic rings. The molecule has 0 fully saturated rings. The fraction of sp³-hybridized carbons (Fsp3) is 0.263. The van der Waals surface area contributed by atoms with Crippen LogP contribution in [0.2, 0.25) is 5.02 Å². The standard InChI is InChI=1S/C19H19ClN2O7/c1-3-27-16-8-6-13(10-17(16)28-4-2)21-18(23)11-29-19(24)14-9-12(20)5-7-15(14)22(25)26/h5-10H,3-4,11H2,1-2H3,(H,21,23). The van der Waals surface area contributed by atoms with Gasteiger partial charge in [-0.05, 0) is 38.1 Å². The number of rotatable bonds is 9. The Hall–Kier alpha value is -3.33. The second kappa shape index (κ2) is 10.3. The molecule has 0 saturated heterocycles. The molecule has 0 aromatic heterocycles. The molecule has 0 heterocycles. The number of nitro benzene ring substituents is 1. The molecule has 0 atom stereocenters. The lowest BCUT2D eigenvalue weighted by atomic mass is 10.2. The van der Waals surface area contributed by atoms with Crippen LogP contribution < -0.4 is 14.8 Å². The van der Waals surface area contributed by atoms with Crippen molar-refractivity contribution in [3.8, 4) is 11.5 Å². The zero-order valence-electron chi connectivity index (χ0n) is 15.8. The number of hydrogen-bond acceptors (Lipinski definition) is 7. The molecule has 2 rings (SSSR count). The summed E-state index contributed by atoms with van der Waals surface area (Å²) in [6.45, 7) is 3.88. The number of carbonyl (C=O) groups is 2. The van der Waals surface area contributed by atoms with Crippen LogP contribution in [0.1, 0.15) is 24.2 Å². The highest BCUT2D eigenvalue weighted by atomic mass is 35.5. The zero-order valence-corrected chi connectivity index (χ0v) is 16.5. The first-order valence-electron chi connectivity index (χ1n) is 8.66. The van der Waals surface area contributed by atoms with Crippen LogP contribution in [0.4, 0.5) is 11.4 Å². The highest BCUT2D eigenvalue weighted by Gasteiger charge is 2.22. The molecule has 10 heteroatoms. The number of hydrogen-bond donors (Lipinski definition) is 1. The van der Waals surface area contributed by atoms with E-state index in [1.54, 1.807) is 18.2 Å². The quantitative estimate of drug-likeness (QED) is 0.370. The first-order valence-corrected chi connectivity index (χ1v) is 9.04. The van der Waals surface area contributed by atoms with Crippen molar-refractivity contribution >= 4 is 34.9 Å². The van der Waals surface area contributed by atoms with Gasteiger partial charge in [-0.25, -0.2) is 4.79 Å². The van der Waals surface area contributed by atoms with Gasteiger partial charge in [-0.15, -0.1) is 0 Å². The van der Waals surface area contributed by atoms with E-state index in [9.17, 15) is 19.7 Å². The lowest BCUT2D eigenvalue weighted by Crippen LogP contribution is -2.21. The molecule has 0 aliphatic heterocycles. The van der Waals surface area contributed by atoms with E-state index in [2.05, 4.69) is 5.32 Å². The molecule has 29 heavy (non-hydrogen) atoms. The summed E-state index contributed by atoms with van der Waals surface area (Å²) in [4.78, 5) is 34.5. The van der Waals surface area contributed by atoms with Gasteiger partial charge < -0.3 is 19.5 Å². The largest absolute Gasteiger partial charge is 0.490 e. The molecule has 0 spiro atoms. The van der Waals surface area contributed by atoms with Crippen molar-refractivity contribution in [2.24, 2.45) is 0 Å². The Labute approximate surface area is 171 Å². The van der Waals surface area contributed by atoms with Gasteiger partial charge in [0.2, 0.25) is 0 Å². The highest BCUT2D eigenvalue weighted by Crippen LogP contribution is 2.30. The summed E-state index contributed by atoms with van der Waals surface area (Å²) in [6.07, 6.45) is 0. The topological polar surface area (TPSA) is 117 Å². The van der Waals surface area contributed by atoms with Crippen molar-refractivity contribution in [3.05, 3.63) is 57.1 Å². The van der Waals surface area contributed by atoms with Crippen LogP contribution in [-0.2, 0) is 9.53 Å². The average Bonchev–Trinajstić information content (AvgIpc) is 2.68. The molecule has 0 bridgehead atoms. The Morgan fingerprint density at radius 1 is 1.07 bits per heavy atom. The van der Waals surface area contributed by atoms with Crippen LogP contribution >= 0.6 is 11.6 Å². The molecule has 9 nitrogen and oxygen atoms in total. The maximum Gasteiger partial charge on any atom is 0.345 e. The van der Waals surface area contributed by atoms with Crippen LogP contribution in [0.3, 0.4) is 0 Å². The fourth-order valence-corrected chi connectivity index (χ4v) is 2.54. The second-order valence-corrected chi connectivity index (χ2v) is 6.01. The van der Waals surface area contributed by atoms with E-state index in [1.807, 2.05) is 13.8 Å². The van der Waals surface area contributed by atoms with E-state index in [4.69, 9.17) is 25.8 Å². The van der Waals surface area contributed by atoms with Gasteiger partial charge in [0.05, 0.1) is 18.1 Å². The van der Waals surface area contributed by atoms with Gasteiger partial charge >= 0.3 is 5.97 Å². The fourth-order valence-electron chi connectivity index (χ4n) is 2.37. The van der Waals surface area contributed by atoms with E-state index < -0.39 is 29.1 Å². The van der Waals surface area contributed by atoms with Gasteiger partial charge in [-0.1, -0.05) is 11.6 Å². The van der Waals surface area contributed by atoms with Gasteiger partial charge in [-0.3, -0.25) is 14.9 Å².